The number of carbonyl (C=O) groups is 1. The van der Waals surface area contributed by atoms with Gasteiger partial charge in [-0.3, -0.25) is 9.78 Å². The van der Waals surface area contributed by atoms with Crippen LogP contribution in [0.4, 0.5) is 19.0 Å². The van der Waals surface area contributed by atoms with Gasteiger partial charge in [-0.25, -0.2) is 13.4 Å². The lowest BCUT2D eigenvalue weighted by Gasteiger charge is -2.28. The number of rotatable bonds is 6. The molecule has 1 saturated carbocycles. The fraction of sp³-hybridized carbons (Fsp3) is 0.250. The molecule has 2 aromatic heterocycles. The van der Waals surface area contributed by atoms with Gasteiger partial charge in [0.1, 0.15) is 11.5 Å². The molecule has 0 spiro atoms. The van der Waals surface area contributed by atoms with Crippen LogP contribution in [0.25, 0.3) is 11.1 Å². The molecule has 1 amide bonds. The van der Waals surface area contributed by atoms with E-state index in [-0.39, 0.29) is 16.6 Å². The minimum Gasteiger partial charge on any atom is -0.367 e. The summed E-state index contributed by atoms with van der Waals surface area (Å²) in [5.41, 5.74) is 5.97. The summed E-state index contributed by atoms with van der Waals surface area (Å²) in [5, 5.41) is 3.50. The van der Waals surface area contributed by atoms with E-state index >= 15 is 0 Å². The van der Waals surface area contributed by atoms with Crippen molar-refractivity contribution in [3.05, 3.63) is 77.4 Å². The van der Waals surface area contributed by atoms with Gasteiger partial charge in [0.25, 0.3) is 5.91 Å². The van der Waals surface area contributed by atoms with Gasteiger partial charge in [0.2, 0.25) is 0 Å². The number of carbonyl (C=O) groups excluding carboxylic acids is 1. The quantitative estimate of drug-likeness (QED) is 0.507. The zero-order valence-corrected chi connectivity index (χ0v) is 19.2. The number of pyridine rings is 2. The van der Waals surface area contributed by atoms with Crippen LogP contribution in [0.3, 0.4) is 0 Å². The number of halogens is 3. The number of nitrogens with one attached hydrogen (secondary N) is 1. The molecule has 0 unspecified atom stereocenters. The predicted molar refractivity (Wildman–Crippen MR) is 124 cm³/mol. The summed E-state index contributed by atoms with van der Waals surface area (Å²) < 4.78 is 64.3. The van der Waals surface area contributed by atoms with Crippen molar-refractivity contribution in [2.75, 3.05) is 5.32 Å². The molecular formula is C24H22F3N4O3S. The van der Waals surface area contributed by atoms with E-state index in [1.54, 1.807) is 24.3 Å². The second-order valence-electron chi connectivity index (χ2n) is 8.21. The van der Waals surface area contributed by atoms with Gasteiger partial charge >= 0.3 is 6.18 Å². The van der Waals surface area contributed by atoms with E-state index in [9.17, 15) is 26.4 Å². The first kappa shape index (κ1) is 24.6. The van der Waals surface area contributed by atoms with Crippen LogP contribution in [0.1, 0.15) is 41.7 Å². The highest BCUT2D eigenvalue weighted by atomic mass is 32.2. The molecular weight excluding hydrogens is 481 g/mol. The number of hydrogen-bond acceptors (Lipinski definition) is 6. The van der Waals surface area contributed by atoms with Gasteiger partial charge in [-0.2, -0.15) is 13.2 Å². The van der Waals surface area contributed by atoms with E-state index in [1.807, 2.05) is 0 Å². The van der Waals surface area contributed by atoms with Crippen LogP contribution in [-0.4, -0.2) is 30.3 Å². The molecule has 183 valence electrons. The monoisotopic (exact) mass is 503 g/mol. The van der Waals surface area contributed by atoms with Crippen molar-refractivity contribution in [2.45, 2.75) is 42.8 Å². The molecule has 1 aliphatic rings. The zero-order chi connectivity index (χ0) is 25.2. The summed E-state index contributed by atoms with van der Waals surface area (Å²) in [5.74, 6) is -0.331. The van der Waals surface area contributed by atoms with Gasteiger partial charge < -0.3 is 11.1 Å². The fourth-order valence-corrected chi connectivity index (χ4v) is 5.55. The lowest BCUT2D eigenvalue weighted by atomic mass is 9.95. The minimum atomic E-state index is -4.45. The smallest absolute Gasteiger partial charge is 0.367 e. The molecule has 7 nitrogen and oxygen atoms in total. The Balaban J connectivity index is 1.39. The average molecular weight is 504 g/mol. The third-order valence-corrected chi connectivity index (χ3v) is 7.94. The van der Waals surface area contributed by atoms with Crippen LogP contribution in [0.2, 0.25) is 0 Å². The summed E-state index contributed by atoms with van der Waals surface area (Å²) in [7, 11) is -3.64. The Kier molecular flexibility index (Phi) is 6.79. The normalized spacial score (nSPS) is 15.6. The van der Waals surface area contributed by atoms with Crippen molar-refractivity contribution in [3.8, 4) is 11.1 Å². The molecule has 0 aliphatic heterocycles. The number of sulfone groups is 1. The van der Waals surface area contributed by atoms with Crippen molar-refractivity contribution < 1.29 is 26.4 Å². The number of amides is 1. The van der Waals surface area contributed by atoms with Crippen molar-refractivity contribution in [2.24, 2.45) is 5.73 Å². The van der Waals surface area contributed by atoms with Gasteiger partial charge in [0.15, 0.2) is 9.84 Å². The van der Waals surface area contributed by atoms with E-state index in [2.05, 4.69) is 15.3 Å². The Morgan fingerprint density at radius 2 is 1.66 bits per heavy atom. The fourth-order valence-electron chi connectivity index (χ4n) is 3.95. The van der Waals surface area contributed by atoms with Crippen molar-refractivity contribution >= 4 is 21.6 Å². The molecule has 3 aromatic rings. The first-order valence-electron chi connectivity index (χ1n) is 10.8. The molecule has 0 atom stereocenters. The molecule has 1 aliphatic carbocycles. The molecule has 0 saturated heterocycles. The number of nitrogens with two attached hydrogens (primary N) is 1. The Bertz CT molecular complexity index is 1300. The lowest BCUT2D eigenvalue weighted by molar-refractivity contribution is -0.137. The molecule has 2 heterocycles. The zero-order valence-electron chi connectivity index (χ0n) is 18.4. The maximum absolute atomic E-state index is 13.1. The summed E-state index contributed by atoms with van der Waals surface area (Å²) >= 11 is 0. The summed E-state index contributed by atoms with van der Waals surface area (Å²) in [6.07, 6.45) is -0.494. The Morgan fingerprint density at radius 3 is 2.23 bits per heavy atom. The Morgan fingerprint density at radius 1 is 0.971 bits per heavy atom. The van der Waals surface area contributed by atoms with Crippen LogP contribution < -0.4 is 11.1 Å². The molecule has 1 fully saturated rings. The van der Waals surface area contributed by atoms with Crippen LogP contribution in [0.5, 0.6) is 0 Å². The first-order valence-corrected chi connectivity index (χ1v) is 12.3. The maximum Gasteiger partial charge on any atom is 0.417 e. The predicted octanol–water partition coefficient (Wildman–Crippen LogP) is 4.62. The molecule has 35 heavy (non-hydrogen) atoms. The highest BCUT2D eigenvalue weighted by molar-refractivity contribution is 7.94. The van der Waals surface area contributed by atoms with E-state index in [1.165, 1.54) is 24.4 Å². The van der Waals surface area contributed by atoms with Crippen LogP contribution >= 0.6 is 0 Å². The number of aromatic nitrogens is 2. The van der Waals surface area contributed by atoms with Gasteiger partial charge in [-0.1, -0.05) is 12.1 Å². The summed E-state index contributed by atoms with van der Waals surface area (Å²) in [6, 6.07) is 11.8. The van der Waals surface area contributed by atoms with E-state index < -0.39 is 27.5 Å². The highest BCUT2D eigenvalue weighted by Gasteiger charge is 2.34. The lowest BCUT2D eigenvalue weighted by Crippen LogP contribution is -2.28. The Labute approximate surface area is 200 Å². The van der Waals surface area contributed by atoms with Gasteiger partial charge in [-0.05, 0) is 73.2 Å². The largest absolute Gasteiger partial charge is 0.417 e. The summed E-state index contributed by atoms with van der Waals surface area (Å²) in [6.45, 7) is 0. The van der Waals surface area contributed by atoms with Crippen LogP contribution in [0, 0.1) is 5.25 Å². The molecule has 0 bridgehead atoms. The van der Waals surface area contributed by atoms with Crippen LogP contribution in [-0.2, 0) is 16.0 Å². The van der Waals surface area contributed by atoms with Crippen molar-refractivity contribution in [1.82, 2.24) is 9.97 Å². The molecule has 4 rings (SSSR count). The maximum atomic E-state index is 13.1. The Hall–Kier alpha value is -3.47. The topological polar surface area (TPSA) is 115 Å². The number of alkyl halides is 3. The van der Waals surface area contributed by atoms with Gasteiger partial charge in [-0.15, -0.1) is 0 Å². The average Bonchev–Trinajstić information content (AvgIpc) is 2.84. The third-order valence-electron chi connectivity index (χ3n) is 5.88. The number of benzene rings is 1. The number of hydrogen-bond donors (Lipinski definition) is 2. The first-order chi connectivity index (χ1) is 16.5. The number of nitrogens with zero attached hydrogens (tertiary/aromatic N) is 2. The highest BCUT2D eigenvalue weighted by Crippen LogP contribution is 2.36. The van der Waals surface area contributed by atoms with E-state index in [4.69, 9.17) is 5.73 Å². The SMILES string of the molecule is NC(=O)c1cc(-c2ccc(S(=O)(=O)[C]3CCC(Nc4ccc(C(F)(F)F)cn4)CC3)cc2)ccn1. The molecule has 3 N–H and O–H groups in total. The number of anilines is 1. The summed E-state index contributed by atoms with van der Waals surface area (Å²) in [4.78, 5) is 19.2. The molecule has 1 aromatic carbocycles. The molecule has 1 radical (unpaired) electrons. The van der Waals surface area contributed by atoms with Crippen molar-refractivity contribution in [3.63, 3.8) is 0 Å². The van der Waals surface area contributed by atoms with Crippen LogP contribution in [0.15, 0.2) is 65.8 Å². The molecule has 11 heteroatoms. The number of primary amides is 1. The minimum absolute atomic E-state index is 0.0910. The van der Waals surface area contributed by atoms with Gasteiger partial charge in [0.05, 0.1) is 15.7 Å². The second-order valence-corrected chi connectivity index (χ2v) is 10.3. The van der Waals surface area contributed by atoms with Gasteiger partial charge in [0, 0.05) is 18.4 Å². The second kappa shape index (κ2) is 9.65. The third kappa shape index (κ3) is 5.61. The van der Waals surface area contributed by atoms with Crippen molar-refractivity contribution in [1.29, 1.82) is 0 Å². The van der Waals surface area contributed by atoms with E-state index in [0.29, 0.717) is 42.3 Å². The standard InChI is InChI=1S/C24H22F3N4O3S/c25-24(26,27)17-3-10-22(30-14-17)31-18-4-8-20(9-5-18)35(33,34)19-6-1-15(2-7-19)16-11-12-29-21(13-16)23(28)32/h1-3,6-7,10-14,18H,4-5,8-9H2,(H2,28,32)(H,30,31). The van der Waals surface area contributed by atoms with E-state index in [0.717, 1.165) is 17.8 Å².